The van der Waals surface area contributed by atoms with Crippen LogP contribution in [0.25, 0.3) is 0 Å². The van der Waals surface area contributed by atoms with Crippen LogP contribution in [0.2, 0.25) is 0 Å². The molecule has 0 aliphatic rings. The van der Waals surface area contributed by atoms with E-state index in [1.54, 1.807) is 0 Å². The minimum absolute atomic E-state index is 0.302. The number of aryl methyl sites for hydroxylation is 1. The Morgan fingerprint density at radius 3 is 2.69 bits per heavy atom. The molecule has 1 rings (SSSR count). The summed E-state index contributed by atoms with van der Waals surface area (Å²) in [6, 6.07) is 2.06. The number of hydrogen-bond donors (Lipinski definition) is 0. The van der Waals surface area contributed by atoms with Crippen LogP contribution in [0.4, 0.5) is 0 Å². The van der Waals surface area contributed by atoms with Gasteiger partial charge in [-0.25, -0.2) is 4.68 Å². The molecule has 0 aliphatic carbocycles. The number of nitrogens with zero attached hydrogens (tertiary/aromatic N) is 4. The topological polar surface area (TPSA) is 54.5 Å². The minimum atomic E-state index is 0.302. The number of rotatable bonds is 3. The Labute approximate surface area is 78.2 Å². The van der Waals surface area contributed by atoms with Gasteiger partial charge in [-0.05, 0) is 12.3 Å². The molecule has 0 saturated carbocycles. The Morgan fingerprint density at radius 1 is 1.54 bits per heavy atom. The van der Waals surface area contributed by atoms with Gasteiger partial charge in [0.15, 0.2) is 5.69 Å². The van der Waals surface area contributed by atoms with Gasteiger partial charge in [0, 0.05) is 6.54 Å². The first-order valence-corrected chi connectivity index (χ1v) is 4.54. The SMILES string of the molecule is CCCn1nnc(C#N)c1C(C)C. The summed E-state index contributed by atoms with van der Waals surface area (Å²) in [5.41, 5.74) is 1.41. The summed E-state index contributed by atoms with van der Waals surface area (Å²) in [7, 11) is 0. The predicted octanol–water partition coefficient (Wildman–Crippen LogP) is 1.68. The van der Waals surface area contributed by atoms with E-state index in [0.29, 0.717) is 11.6 Å². The second-order valence-electron chi connectivity index (χ2n) is 3.31. The number of aromatic nitrogens is 3. The van der Waals surface area contributed by atoms with Crippen molar-refractivity contribution in [1.82, 2.24) is 15.0 Å². The second-order valence-corrected chi connectivity index (χ2v) is 3.31. The Hall–Kier alpha value is -1.37. The average molecular weight is 178 g/mol. The molecular formula is C9H14N4. The molecule has 0 saturated heterocycles. The molecule has 70 valence electrons. The smallest absolute Gasteiger partial charge is 0.186 e. The third-order valence-electron chi connectivity index (χ3n) is 1.86. The first-order valence-electron chi connectivity index (χ1n) is 4.54. The van der Waals surface area contributed by atoms with Crippen LogP contribution in [0, 0.1) is 11.3 Å². The largest absolute Gasteiger partial charge is 0.248 e. The third-order valence-corrected chi connectivity index (χ3v) is 1.86. The Kier molecular flexibility index (Phi) is 3.02. The molecule has 4 nitrogen and oxygen atoms in total. The van der Waals surface area contributed by atoms with E-state index in [1.807, 2.05) is 18.5 Å². The summed E-state index contributed by atoms with van der Waals surface area (Å²) in [4.78, 5) is 0. The van der Waals surface area contributed by atoms with E-state index in [9.17, 15) is 0 Å². The lowest BCUT2D eigenvalue weighted by Crippen LogP contribution is -2.06. The normalized spacial score (nSPS) is 10.4. The van der Waals surface area contributed by atoms with Crippen molar-refractivity contribution in [2.24, 2.45) is 0 Å². The van der Waals surface area contributed by atoms with Gasteiger partial charge >= 0.3 is 0 Å². The quantitative estimate of drug-likeness (QED) is 0.707. The fourth-order valence-corrected chi connectivity index (χ4v) is 1.35. The van der Waals surface area contributed by atoms with Gasteiger partial charge in [-0.3, -0.25) is 0 Å². The van der Waals surface area contributed by atoms with Gasteiger partial charge in [-0.2, -0.15) is 5.26 Å². The molecule has 0 aliphatic heterocycles. The van der Waals surface area contributed by atoms with E-state index in [0.717, 1.165) is 18.7 Å². The molecule has 13 heavy (non-hydrogen) atoms. The Morgan fingerprint density at radius 2 is 2.23 bits per heavy atom. The number of nitriles is 1. The van der Waals surface area contributed by atoms with Crippen LogP contribution < -0.4 is 0 Å². The molecule has 0 spiro atoms. The zero-order valence-electron chi connectivity index (χ0n) is 8.28. The van der Waals surface area contributed by atoms with Crippen molar-refractivity contribution in [3.63, 3.8) is 0 Å². The predicted molar refractivity (Wildman–Crippen MR) is 49.1 cm³/mol. The Bertz CT molecular complexity index is 319. The van der Waals surface area contributed by atoms with Crippen molar-refractivity contribution in [1.29, 1.82) is 5.26 Å². The fraction of sp³-hybridized carbons (Fsp3) is 0.667. The van der Waals surface area contributed by atoms with Gasteiger partial charge in [0.1, 0.15) is 6.07 Å². The molecular weight excluding hydrogens is 164 g/mol. The van der Waals surface area contributed by atoms with Crippen LogP contribution in [-0.4, -0.2) is 15.0 Å². The molecule has 0 unspecified atom stereocenters. The standard InChI is InChI=1S/C9H14N4/c1-4-5-13-9(7(2)3)8(6-10)11-12-13/h7H,4-5H2,1-3H3. The maximum Gasteiger partial charge on any atom is 0.186 e. The molecule has 0 atom stereocenters. The lowest BCUT2D eigenvalue weighted by molar-refractivity contribution is 0.542. The lowest BCUT2D eigenvalue weighted by Gasteiger charge is -2.07. The summed E-state index contributed by atoms with van der Waals surface area (Å²) in [5, 5.41) is 16.6. The van der Waals surface area contributed by atoms with E-state index in [2.05, 4.69) is 23.3 Å². The van der Waals surface area contributed by atoms with Gasteiger partial charge in [0.05, 0.1) is 5.69 Å². The van der Waals surface area contributed by atoms with Gasteiger partial charge in [-0.15, -0.1) is 5.10 Å². The van der Waals surface area contributed by atoms with E-state index in [4.69, 9.17) is 5.26 Å². The molecule has 1 heterocycles. The summed E-state index contributed by atoms with van der Waals surface area (Å²) in [6.45, 7) is 7.01. The van der Waals surface area contributed by atoms with Crippen LogP contribution in [0.3, 0.4) is 0 Å². The zero-order valence-corrected chi connectivity index (χ0v) is 8.28. The highest BCUT2D eigenvalue weighted by Crippen LogP contribution is 2.16. The molecule has 0 aromatic carbocycles. The average Bonchev–Trinajstić information content (AvgIpc) is 2.48. The lowest BCUT2D eigenvalue weighted by atomic mass is 10.1. The van der Waals surface area contributed by atoms with Crippen LogP contribution in [0.5, 0.6) is 0 Å². The molecule has 4 heteroatoms. The highest BCUT2D eigenvalue weighted by molar-refractivity contribution is 5.26. The van der Waals surface area contributed by atoms with Crippen molar-refractivity contribution in [3.05, 3.63) is 11.4 Å². The van der Waals surface area contributed by atoms with E-state index in [1.165, 1.54) is 0 Å². The molecule has 0 radical (unpaired) electrons. The van der Waals surface area contributed by atoms with E-state index < -0.39 is 0 Å². The van der Waals surface area contributed by atoms with E-state index >= 15 is 0 Å². The summed E-state index contributed by atoms with van der Waals surface area (Å²) in [5.74, 6) is 0.302. The summed E-state index contributed by atoms with van der Waals surface area (Å²) < 4.78 is 1.82. The second kappa shape index (κ2) is 4.04. The highest BCUT2D eigenvalue weighted by atomic mass is 15.4. The molecule has 0 bridgehead atoms. The van der Waals surface area contributed by atoms with Crippen molar-refractivity contribution in [2.75, 3.05) is 0 Å². The minimum Gasteiger partial charge on any atom is -0.248 e. The van der Waals surface area contributed by atoms with Crippen LogP contribution in [-0.2, 0) is 6.54 Å². The molecule has 1 aromatic heterocycles. The van der Waals surface area contributed by atoms with Crippen LogP contribution in [0.1, 0.15) is 44.5 Å². The van der Waals surface area contributed by atoms with Crippen molar-refractivity contribution in [3.8, 4) is 6.07 Å². The highest BCUT2D eigenvalue weighted by Gasteiger charge is 2.14. The van der Waals surface area contributed by atoms with E-state index in [-0.39, 0.29) is 0 Å². The van der Waals surface area contributed by atoms with Gasteiger partial charge in [0.2, 0.25) is 0 Å². The van der Waals surface area contributed by atoms with Gasteiger partial charge in [-0.1, -0.05) is 26.0 Å². The van der Waals surface area contributed by atoms with Crippen molar-refractivity contribution < 1.29 is 0 Å². The van der Waals surface area contributed by atoms with Gasteiger partial charge in [0.25, 0.3) is 0 Å². The van der Waals surface area contributed by atoms with Crippen molar-refractivity contribution >= 4 is 0 Å². The third kappa shape index (κ3) is 1.86. The monoisotopic (exact) mass is 178 g/mol. The van der Waals surface area contributed by atoms with Gasteiger partial charge < -0.3 is 0 Å². The van der Waals surface area contributed by atoms with Crippen LogP contribution in [0.15, 0.2) is 0 Å². The maximum atomic E-state index is 8.78. The maximum absolute atomic E-state index is 8.78. The molecule has 0 N–H and O–H groups in total. The Balaban J connectivity index is 3.08. The molecule has 0 fully saturated rings. The first kappa shape index (κ1) is 9.72. The zero-order chi connectivity index (χ0) is 9.84. The van der Waals surface area contributed by atoms with Crippen molar-refractivity contribution in [2.45, 2.75) is 39.7 Å². The van der Waals surface area contributed by atoms with Crippen LogP contribution >= 0.6 is 0 Å². The summed E-state index contributed by atoms with van der Waals surface area (Å²) in [6.07, 6.45) is 1.01. The molecule has 1 aromatic rings. The number of hydrogen-bond acceptors (Lipinski definition) is 3. The fourth-order valence-electron chi connectivity index (χ4n) is 1.35. The first-order chi connectivity index (χ1) is 6.20. The molecule has 0 amide bonds. The summed E-state index contributed by atoms with van der Waals surface area (Å²) >= 11 is 0.